The van der Waals surface area contributed by atoms with E-state index in [0.717, 1.165) is 28.2 Å². The Morgan fingerprint density at radius 1 is 1.00 bits per heavy atom. The van der Waals surface area contributed by atoms with E-state index < -0.39 is 0 Å². The van der Waals surface area contributed by atoms with Crippen LogP contribution in [0.15, 0.2) is 77.9 Å². The van der Waals surface area contributed by atoms with Crippen LogP contribution in [0.3, 0.4) is 0 Å². The highest BCUT2D eigenvalue weighted by Crippen LogP contribution is 2.17. The topological polar surface area (TPSA) is 66.6 Å². The molecule has 0 aliphatic rings. The third-order valence-corrected chi connectivity index (χ3v) is 4.16. The van der Waals surface area contributed by atoms with Crippen molar-refractivity contribution in [1.82, 2.24) is 5.43 Å². The van der Waals surface area contributed by atoms with E-state index in [1.807, 2.05) is 66.7 Å². The summed E-state index contributed by atoms with van der Waals surface area (Å²) in [5.74, 6) is 1.56. The molecule has 3 aromatic carbocycles. The van der Waals surface area contributed by atoms with Gasteiger partial charge in [-0.1, -0.05) is 48.5 Å². The van der Waals surface area contributed by atoms with Gasteiger partial charge in [0, 0.05) is 11.1 Å². The molecule has 0 bridgehead atoms. The van der Waals surface area contributed by atoms with Gasteiger partial charge in [0.15, 0.2) is 0 Å². The molecule has 0 aliphatic heterocycles. The van der Waals surface area contributed by atoms with E-state index in [9.17, 15) is 0 Å². The molecule has 0 heterocycles. The predicted molar refractivity (Wildman–Crippen MR) is 109 cm³/mol. The quantitative estimate of drug-likeness (QED) is 0.474. The Labute approximate surface area is 164 Å². The number of methoxy groups -OCH3 is 1. The van der Waals surface area contributed by atoms with Crippen molar-refractivity contribution in [1.29, 1.82) is 5.26 Å². The van der Waals surface area contributed by atoms with Gasteiger partial charge >= 0.3 is 0 Å². The number of nitrogens with one attached hydrogen (secondary N) is 1. The zero-order valence-corrected chi connectivity index (χ0v) is 15.6. The maximum atomic E-state index is 9.16. The minimum absolute atomic E-state index is 0.344. The van der Waals surface area contributed by atoms with Gasteiger partial charge in [0.1, 0.15) is 18.1 Å². The van der Waals surface area contributed by atoms with E-state index in [-0.39, 0.29) is 0 Å². The molecule has 3 aromatic rings. The van der Waals surface area contributed by atoms with Crippen LogP contribution in [0.5, 0.6) is 11.5 Å². The van der Waals surface area contributed by atoms with Gasteiger partial charge < -0.3 is 14.9 Å². The lowest BCUT2D eigenvalue weighted by Crippen LogP contribution is -2.07. The SMILES string of the molecule is COc1ccccc1CN/N=C/c1cccc(OCc2ccccc2C#N)c1. The smallest absolute Gasteiger partial charge is 0.123 e. The van der Waals surface area contributed by atoms with Gasteiger partial charge in [0.05, 0.1) is 31.5 Å². The molecule has 3 rings (SSSR count). The molecular weight excluding hydrogens is 350 g/mol. The first-order valence-corrected chi connectivity index (χ1v) is 8.89. The van der Waals surface area contributed by atoms with Gasteiger partial charge in [0.2, 0.25) is 0 Å². The van der Waals surface area contributed by atoms with Gasteiger partial charge in [-0.15, -0.1) is 0 Å². The Kier molecular flexibility index (Phi) is 6.64. The molecule has 140 valence electrons. The highest BCUT2D eigenvalue weighted by Gasteiger charge is 2.03. The van der Waals surface area contributed by atoms with Crippen molar-refractivity contribution in [3.63, 3.8) is 0 Å². The number of benzene rings is 3. The van der Waals surface area contributed by atoms with Crippen LogP contribution < -0.4 is 14.9 Å². The lowest BCUT2D eigenvalue weighted by molar-refractivity contribution is 0.306. The molecule has 0 spiro atoms. The number of hydrogen-bond acceptors (Lipinski definition) is 5. The number of ether oxygens (including phenoxy) is 2. The summed E-state index contributed by atoms with van der Waals surface area (Å²) in [5, 5.41) is 13.4. The third-order valence-electron chi connectivity index (χ3n) is 4.16. The zero-order chi connectivity index (χ0) is 19.6. The molecule has 0 fully saturated rings. The molecule has 0 unspecified atom stereocenters. The molecule has 0 saturated heterocycles. The highest BCUT2D eigenvalue weighted by atomic mass is 16.5. The van der Waals surface area contributed by atoms with Crippen LogP contribution in [0, 0.1) is 11.3 Å². The van der Waals surface area contributed by atoms with E-state index in [4.69, 9.17) is 14.7 Å². The Morgan fingerprint density at radius 3 is 2.61 bits per heavy atom. The molecule has 0 radical (unpaired) electrons. The van der Waals surface area contributed by atoms with Crippen LogP contribution in [0.25, 0.3) is 0 Å². The molecular formula is C23H21N3O2. The third kappa shape index (κ3) is 5.12. The van der Waals surface area contributed by atoms with Crippen molar-refractivity contribution in [2.24, 2.45) is 5.10 Å². The van der Waals surface area contributed by atoms with Crippen LogP contribution in [0.4, 0.5) is 0 Å². The van der Waals surface area contributed by atoms with Gasteiger partial charge in [-0.3, -0.25) is 0 Å². The van der Waals surface area contributed by atoms with Crippen molar-refractivity contribution >= 4 is 6.21 Å². The maximum Gasteiger partial charge on any atom is 0.123 e. The van der Waals surface area contributed by atoms with Gasteiger partial charge in [0.25, 0.3) is 0 Å². The van der Waals surface area contributed by atoms with Gasteiger partial charge in [-0.05, 0) is 29.8 Å². The standard InChI is InChI=1S/C23H21N3O2/c1-27-23-12-5-4-9-20(23)16-26-25-15-18-7-6-11-22(13-18)28-17-21-10-3-2-8-19(21)14-24/h2-13,15,26H,16-17H2,1H3/b25-15+. The number of hydrazone groups is 1. The zero-order valence-electron chi connectivity index (χ0n) is 15.6. The Balaban J connectivity index is 1.57. The Morgan fingerprint density at radius 2 is 1.79 bits per heavy atom. The summed E-state index contributed by atoms with van der Waals surface area (Å²) in [7, 11) is 1.66. The van der Waals surface area contributed by atoms with Crippen molar-refractivity contribution in [2.45, 2.75) is 13.2 Å². The second-order valence-corrected chi connectivity index (χ2v) is 6.04. The number of para-hydroxylation sites is 1. The predicted octanol–water partition coefficient (Wildman–Crippen LogP) is 4.27. The summed E-state index contributed by atoms with van der Waals surface area (Å²) in [4.78, 5) is 0. The number of nitrogens with zero attached hydrogens (tertiary/aromatic N) is 2. The number of hydrogen-bond donors (Lipinski definition) is 1. The molecule has 0 amide bonds. The molecule has 1 N–H and O–H groups in total. The molecule has 0 aromatic heterocycles. The summed E-state index contributed by atoms with van der Waals surface area (Å²) >= 11 is 0. The van der Waals surface area contributed by atoms with Gasteiger partial charge in [-0.25, -0.2) is 0 Å². The van der Waals surface area contributed by atoms with Crippen LogP contribution in [-0.2, 0) is 13.2 Å². The van der Waals surface area contributed by atoms with E-state index in [1.54, 1.807) is 19.4 Å². The van der Waals surface area contributed by atoms with Gasteiger partial charge in [-0.2, -0.15) is 10.4 Å². The lowest BCUT2D eigenvalue weighted by Gasteiger charge is -2.08. The second kappa shape index (κ2) is 9.79. The average Bonchev–Trinajstić information content (AvgIpc) is 2.76. The van der Waals surface area contributed by atoms with Crippen molar-refractivity contribution in [3.05, 3.63) is 95.1 Å². The summed E-state index contributed by atoms with van der Waals surface area (Å²) < 4.78 is 11.2. The molecule has 5 heteroatoms. The van der Waals surface area contributed by atoms with E-state index in [2.05, 4.69) is 16.6 Å². The van der Waals surface area contributed by atoms with Crippen molar-refractivity contribution < 1.29 is 9.47 Å². The van der Waals surface area contributed by atoms with E-state index in [0.29, 0.717) is 18.7 Å². The van der Waals surface area contributed by atoms with E-state index in [1.165, 1.54) is 0 Å². The largest absolute Gasteiger partial charge is 0.496 e. The maximum absolute atomic E-state index is 9.16. The Bertz CT molecular complexity index is 993. The number of rotatable bonds is 8. The Hall–Kier alpha value is -3.78. The first-order valence-electron chi connectivity index (χ1n) is 8.89. The van der Waals surface area contributed by atoms with Crippen LogP contribution in [0.2, 0.25) is 0 Å². The summed E-state index contributed by atoms with van der Waals surface area (Å²) in [5.41, 5.74) is 6.47. The normalized spacial score (nSPS) is 10.4. The highest BCUT2D eigenvalue weighted by molar-refractivity contribution is 5.79. The molecule has 0 saturated carbocycles. The van der Waals surface area contributed by atoms with Crippen LogP contribution in [0.1, 0.15) is 22.3 Å². The fourth-order valence-corrected chi connectivity index (χ4v) is 2.70. The van der Waals surface area contributed by atoms with Crippen LogP contribution >= 0.6 is 0 Å². The lowest BCUT2D eigenvalue weighted by atomic mass is 10.1. The first-order chi connectivity index (χ1) is 13.8. The summed E-state index contributed by atoms with van der Waals surface area (Å²) in [6.07, 6.45) is 1.74. The summed E-state index contributed by atoms with van der Waals surface area (Å²) in [6, 6.07) is 25.1. The summed E-state index contributed by atoms with van der Waals surface area (Å²) in [6.45, 7) is 0.915. The van der Waals surface area contributed by atoms with E-state index >= 15 is 0 Å². The fraction of sp³-hybridized carbons (Fsp3) is 0.130. The second-order valence-electron chi connectivity index (χ2n) is 6.04. The minimum atomic E-state index is 0.344. The molecule has 28 heavy (non-hydrogen) atoms. The van der Waals surface area contributed by atoms with Crippen molar-refractivity contribution in [3.8, 4) is 17.6 Å². The number of nitriles is 1. The monoisotopic (exact) mass is 371 g/mol. The van der Waals surface area contributed by atoms with Crippen molar-refractivity contribution in [2.75, 3.05) is 7.11 Å². The minimum Gasteiger partial charge on any atom is -0.496 e. The molecule has 0 aliphatic carbocycles. The van der Waals surface area contributed by atoms with Crippen LogP contribution in [-0.4, -0.2) is 13.3 Å². The first kappa shape index (κ1) is 19.0. The molecule has 5 nitrogen and oxygen atoms in total. The fourth-order valence-electron chi connectivity index (χ4n) is 2.70. The average molecular weight is 371 g/mol. The molecule has 0 atom stereocenters.